The molecule has 0 amide bonds. The van der Waals surface area contributed by atoms with Gasteiger partial charge in [0.2, 0.25) is 0 Å². The van der Waals surface area contributed by atoms with Crippen LogP contribution in [0, 0.1) is 12.3 Å². The van der Waals surface area contributed by atoms with Gasteiger partial charge in [0, 0.05) is 18.6 Å². The minimum atomic E-state index is 0.329. The molecular formula is C16H26N2. The normalized spacial score (nSPS) is 24.8. The third-order valence-electron chi connectivity index (χ3n) is 4.24. The molecule has 0 saturated carbocycles. The van der Waals surface area contributed by atoms with Crippen molar-refractivity contribution in [3.63, 3.8) is 0 Å². The van der Waals surface area contributed by atoms with Crippen LogP contribution < -0.4 is 10.6 Å². The van der Waals surface area contributed by atoms with Gasteiger partial charge in [0.15, 0.2) is 0 Å². The van der Waals surface area contributed by atoms with Crippen molar-refractivity contribution in [3.8, 4) is 0 Å². The molecule has 2 rings (SSSR count). The van der Waals surface area contributed by atoms with Crippen LogP contribution in [0.4, 0.5) is 0 Å². The molecule has 0 aliphatic carbocycles. The van der Waals surface area contributed by atoms with Crippen molar-refractivity contribution < 1.29 is 0 Å². The van der Waals surface area contributed by atoms with E-state index in [0.29, 0.717) is 17.5 Å². The van der Waals surface area contributed by atoms with Gasteiger partial charge in [0.05, 0.1) is 0 Å². The minimum Gasteiger partial charge on any atom is -0.316 e. The summed E-state index contributed by atoms with van der Waals surface area (Å²) in [6.07, 6.45) is 1.21. The maximum atomic E-state index is 3.83. The average molecular weight is 246 g/mol. The van der Waals surface area contributed by atoms with Crippen molar-refractivity contribution >= 4 is 0 Å². The SMILES string of the molecule is Cc1ccccc1C(C)NC1CCNCC1(C)C. The molecule has 100 valence electrons. The van der Waals surface area contributed by atoms with Crippen LogP contribution in [0.25, 0.3) is 0 Å². The molecule has 1 fully saturated rings. The Bertz CT molecular complexity index is 398. The molecule has 1 aromatic carbocycles. The maximum absolute atomic E-state index is 3.83. The number of aryl methyl sites for hydroxylation is 1. The first-order chi connectivity index (χ1) is 8.50. The van der Waals surface area contributed by atoms with Gasteiger partial charge < -0.3 is 10.6 Å². The molecule has 2 atom stereocenters. The van der Waals surface area contributed by atoms with Crippen molar-refractivity contribution in [1.29, 1.82) is 0 Å². The van der Waals surface area contributed by atoms with Crippen molar-refractivity contribution in [3.05, 3.63) is 35.4 Å². The van der Waals surface area contributed by atoms with E-state index in [0.717, 1.165) is 13.1 Å². The van der Waals surface area contributed by atoms with Crippen LogP contribution in [0.5, 0.6) is 0 Å². The van der Waals surface area contributed by atoms with Gasteiger partial charge in [-0.3, -0.25) is 0 Å². The molecule has 1 saturated heterocycles. The molecule has 1 aliphatic heterocycles. The molecule has 2 nitrogen and oxygen atoms in total. The summed E-state index contributed by atoms with van der Waals surface area (Å²) in [6.45, 7) is 11.4. The van der Waals surface area contributed by atoms with Crippen LogP contribution in [0.15, 0.2) is 24.3 Å². The summed E-state index contributed by atoms with van der Waals surface area (Å²) in [7, 11) is 0. The molecule has 0 bridgehead atoms. The predicted molar refractivity (Wildman–Crippen MR) is 77.8 cm³/mol. The van der Waals surface area contributed by atoms with Crippen molar-refractivity contribution in [2.45, 2.75) is 46.2 Å². The number of hydrogen-bond acceptors (Lipinski definition) is 2. The second kappa shape index (κ2) is 5.41. The van der Waals surface area contributed by atoms with Crippen molar-refractivity contribution in [2.24, 2.45) is 5.41 Å². The fourth-order valence-corrected chi connectivity index (χ4v) is 2.94. The van der Waals surface area contributed by atoms with E-state index in [1.54, 1.807) is 0 Å². The Morgan fingerprint density at radius 2 is 2.06 bits per heavy atom. The monoisotopic (exact) mass is 246 g/mol. The van der Waals surface area contributed by atoms with Crippen LogP contribution in [-0.2, 0) is 0 Å². The van der Waals surface area contributed by atoms with Gasteiger partial charge in [-0.05, 0) is 43.4 Å². The average Bonchev–Trinajstić information content (AvgIpc) is 2.32. The van der Waals surface area contributed by atoms with Crippen LogP contribution in [0.2, 0.25) is 0 Å². The third kappa shape index (κ3) is 2.93. The lowest BCUT2D eigenvalue weighted by Gasteiger charge is -2.41. The lowest BCUT2D eigenvalue weighted by Crippen LogP contribution is -2.53. The van der Waals surface area contributed by atoms with Crippen LogP contribution in [0.3, 0.4) is 0 Å². The van der Waals surface area contributed by atoms with Gasteiger partial charge >= 0.3 is 0 Å². The molecule has 1 heterocycles. The van der Waals surface area contributed by atoms with E-state index in [1.807, 2.05) is 0 Å². The zero-order chi connectivity index (χ0) is 13.2. The Morgan fingerprint density at radius 3 is 2.72 bits per heavy atom. The van der Waals surface area contributed by atoms with Gasteiger partial charge in [-0.1, -0.05) is 38.1 Å². The lowest BCUT2D eigenvalue weighted by atomic mass is 9.79. The van der Waals surface area contributed by atoms with E-state index in [-0.39, 0.29) is 0 Å². The number of benzene rings is 1. The largest absolute Gasteiger partial charge is 0.316 e. The summed E-state index contributed by atoms with van der Waals surface area (Å²) in [4.78, 5) is 0. The lowest BCUT2D eigenvalue weighted by molar-refractivity contribution is 0.174. The van der Waals surface area contributed by atoms with Crippen LogP contribution in [-0.4, -0.2) is 19.1 Å². The van der Waals surface area contributed by atoms with Gasteiger partial charge in [-0.15, -0.1) is 0 Å². The van der Waals surface area contributed by atoms with E-state index in [1.165, 1.54) is 17.5 Å². The van der Waals surface area contributed by atoms with E-state index in [2.05, 4.69) is 62.6 Å². The van der Waals surface area contributed by atoms with Crippen molar-refractivity contribution in [2.75, 3.05) is 13.1 Å². The third-order valence-corrected chi connectivity index (χ3v) is 4.24. The van der Waals surface area contributed by atoms with Gasteiger partial charge in [-0.25, -0.2) is 0 Å². The summed E-state index contributed by atoms with van der Waals surface area (Å²) in [5.41, 5.74) is 3.13. The first-order valence-electron chi connectivity index (χ1n) is 7.03. The number of hydrogen-bond donors (Lipinski definition) is 2. The summed E-state index contributed by atoms with van der Waals surface area (Å²) in [5, 5.41) is 7.32. The van der Waals surface area contributed by atoms with E-state index in [4.69, 9.17) is 0 Å². The molecule has 18 heavy (non-hydrogen) atoms. The highest BCUT2D eigenvalue weighted by molar-refractivity contribution is 5.28. The predicted octanol–water partition coefficient (Wildman–Crippen LogP) is 3.03. The number of nitrogens with one attached hydrogen (secondary N) is 2. The highest BCUT2D eigenvalue weighted by atomic mass is 15.0. The molecular weight excluding hydrogens is 220 g/mol. The van der Waals surface area contributed by atoms with Crippen molar-refractivity contribution in [1.82, 2.24) is 10.6 Å². The smallest absolute Gasteiger partial charge is 0.0297 e. The molecule has 0 aromatic heterocycles. The van der Waals surface area contributed by atoms with Gasteiger partial charge in [0.25, 0.3) is 0 Å². The van der Waals surface area contributed by atoms with Crippen LogP contribution >= 0.6 is 0 Å². The number of piperidine rings is 1. The second-order valence-corrected chi connectivity index (χ2v) is 6.25. The Balaban J connectivity index is 2.07. The summed E-state index contributed by atoms with van der Waals surface area (Å²) in [6, 6.07) is 9.69. The second-order valence-electron chi connectivity index (χ2n) is 6.25. The maximum Gasteiger partial charge on any atom is 0.0297 e. The summed E-state index contributed by atoms with van der Waals surface area (Å²) < 4.78 is 0. The molecule has 0 radical (unpaired) electrons. The van der Waals surface area contributed by atoms with E-state index in [9.17, 15) is 0 Å². The zero-order valence-electron chi connectivity index (χ0n) is 12.1. The molecule has 1 aromatic rings. The number of rotatable bonds is 3. The molecule has 2 heteroatoms. The fraction of sp³-hybridized carbons (Fsp3) is 0.625. The van der Waals surface area contributed by atoms with Gasteiger partial charge in [-0.2, -0.15) is 0 Å². The minimum absolute atomic E-state index is 0.329. The van der Waals surface area contributed by atoms with Gasteiger partial charge in [0.1, 0.15) is 0 Å². The fourth-order valence-electron chi connectivity index (χ4n) is 2.94. The van der Waals surface area contributed by atoms with E-state index < -0.39 is 0 Å². The van der Waals surface area contributed by atoms with E-state index >= 15 is 0 Å². The molecule has 2 unspecified atom stereocenters. The Kier molecular flexibility index (Phi) is 4.08. The topological polar surface area (TPSA) is 24.1 Å². The highest BCUT2D eigenvalue weighted by Gasteiger charge is 2.32. The summed E-state index contributed by atoms with van der Waals surface area (Å²) in [5.74, 6) is 0. The first kappa shape index (κ1) is 13.6. The standard InChI is InChI=1S/C16H26N2/c1-12-7-5-6-8-14(12)13(2)18-15-9-10-17-11-16(15,3)4/h5-8,13,15,17-18H,9-11H2,1-4H3. The Morgan fingerprint density at radius 1 is 1.33 bits per heavy atom. The first-order valence-corrected chi connectivity index (χ1v) is 7.03. The quantitative estimate of drug-likeness (QED) is 0.856. The Hall–Kier alpha value is -0.860. The molecule has 0 spiro atoms. The molecule has 1 aliphatic rings. The highest BCUT2D eigenvalue weighted by Crippen LogP contribution is 2.28. The zero-order valence-corrected chi connectivity index (χ0v) is 12.1. The Labute approximate surface area is 111 Å². The van der Waals surface area contributed by atoms with Crippen LogP contribution in [0.1, 0.15) is 44.4 Å². The molecule has 2 N–H and O–H groups in total. The summed E-state index contributed by atoms with van der Waals surface area (Å²) >= 11 is 0.